The molecule has 16 heavy (non-hydrogen) atoms. The van der Waals surface area contributed by atoms with E-state index in [0.29, 0.717) is 5.02 Å². The van der Waals surface area contributed by atoms with Crippen molar-refractivity contribution in [2.45, 2.75) is 44.8 Å². The summed E-state index contributed by atoms with van der Waals surface area (Å²) in [6, 6.07) is 5.89. The zero-order valence-electron chi connectivity index (χ0n) is 9.58. The molecular formula is C13H18ClNO. The van der Waals surface area contributed by atoms with Gasteiger partial charge >= 0.3 is 0 Å². The van der Waals surface area contributed by atoms with E-state index in [1.807, 2.05) is 25.1 Å². The fourth-order valence-corrected chi connectivity index (χ4v) is 2.30. The number of rotatable bonds is 2. The molecule has 0 spiro atoms. The standard InChI is InChI=1S/C13H18ClNO/c1-9-6-7-10(14)8-13(9)16-12-5-3-2-4-11(12)15/h6-8,11-12H,2-5,15H2,1H3. The van der Waals surface area contributed by atoms with E-state index in [1.165, 1.54) is 12.8 Å². The smallest absolute Gasteiger partial charge is 0.124 e. The van der Waals surface area contributed by atoms with Crippen LogP contribution in [0.1, 0.15) is 31.2 Å². The molecule has 0 aromatic heterocycles. The quantitative estimate of drug-likeness (QED) is 0.860. The Bertz CT molecular complexity index is 367. The van der Waals surface area contributed by atoms with Crippen LogP contribution in [0.3, 0.4) is 0 Å². The van der Waals surface area contributed by atoms with Crippen molar-refractivity contribution in [2.24, 2.45) is 5.73 Å². The normalized spacial score (nSPS) is 25.4. The summed E-state index contributed by atoms with van der Waals surface area (Å²) in [5, 5.41) is 0.713. The molecule has 2 unspecified atom stereocenters. The van der Waals surface area contributed by atoms with Gasteiger partial charge in [0.2, 0.25) is 0 Å². The monoisotopic (exact) mass is 239 g/mol. The van der Waals surface area contributed by atoms with Crippen molar-refractivity contribution < 1.29 is 4.74 Å². The molecule has 2 rings (SSSR count). The average Bonchev–Trinajstić information content (AvgIpc) is 2.27. The number of benzene rings is 1. The van der Waals surface area contributed by atoms with Gasteiger partial charge in [-0.2, -0.15) is 0 Å². The van der Waals surface area contributed by atoms with E-state index < -0.39 is 0 Å². The highest BCUT2D eigenvalue weighted by atomic mass is 35.5. The van der Waals surface area contributed by atoms with Crippen LogP contribution in [0.4, 0.5) is 0 Å². The molecule has 2 N–H and O–H groups in total. The van der Waals surface area contributed by atoms with Crippen molar-refractivity contribution in [1.29, 1.82) is 0 Å². The molecule has 0 amide bonds. The molecule has 3 heteroatoms. The Morgan fingerprint density at radius 3 is 2.81 bits per heavy atom. The van der Waals surface area contributed by atoms with Crippen molar-refractivity contribution in [3.63, 3.8) is 0 Å². The molecule has 1 saturated carbocycles. The van der Waals surface area contributed by atoms with Crippen LogP contribution in [-0.2, 0) is 0 Å². The van der Waals surface area contributed by atoms with Crippen LogP contribution in [0.25, 0.3) is 0 Å². The van der Waals surface area contributed by atoms with Gasteiger partial charge in [0.15, 0.2) is 0 Å². The van der Waals surface area contributed by atoms with E-state index in [-0.39, 0.29) is 12.1 Å². The minimum Gasteiger partial charge on any atom is -0.488 e. The van der Waals surface area contributed by atoms with Gasteiger partial charge in [0.05, 0.1) is 0 Å². The first-order valence-corrected chi connectivity index (χ1v) is 6.23. The first kappa shape index (κ1) is 11.7. The fraction of sp³-hybridized carbons (Fsp3) is 0.538. The van der Waals surface area contributed by atoms with E-state index in [1.54, 1.807) is 0 Å². The van der Waals surface area contributed by atoms with Gasteiger partial charge in [0.25, 0.3) is 0 Å². The Morgan fingerprint density at radius 2 is 2.06 bits per heavy atom. The average molecular weight is 240 g/mol. The van der Waals surface area contributed by atoms with Crippen molar-refractivity contribution >= 4 is 11.6 Å². The van der Waals surface area contributed by atoms with Gasteiger partial charge in [-0.15, -0.1) is 0 Å². The molecule has 1 aromatic rings. The van der Waals surface area contributed by atoms with Crippen LogP contribution >= 0.6 is 11.6 Å². The largest absolute Gasteiger partial charge is 0.488 e. The number of nitrogens with two attached hydrogens (primary N) is 1. The molecule has 0 heterocycles. The molecule has 2 atom stereocenters. The van der Waals surface area contributed by atoms with Gasteiger partial charge in [-0.25, -0.2) is 0 Å². The highest BCUT2D eigenvalue weighted by Gasteiger charge is 2.23. The molecule has 2 nitrogen and oxygen atoms in total. The minimum atomic E-state index is 0.144. The van der Waals surface area contributed by atoms with E-state index >= 15 is 0 Å². The molecule has 1 aromatic carbocycles. The summed E-state index contributed by atoms with van der Waals surface area (Å²) >= 11 is 5.96. The lowest BCUT2D eigenvalue weighted by atomic mass is 9.93. The number of aryl methyl sites for hydroxylation is 1. The summed E-state index contributed by atoms with van der Waals surface area (Å²) in [6.07, 6.45) is 4.68. The molecule has 88 valence electrons. The number of hydrogen-bond acceptors (Lipinski definition) is 2. The van der Waals surface area contributed by atoms with Crippen molar-refractivity contribution in [3.05, 3.63) is 28.8 Å². The van der Waals surface area contributed by atoms with Gasteiger partial charge in [-0.1, -0.05) is 24.1 Å². The maximum absolute atomic E-state index is 6.06. The second-order valence-corrected chi connectivity index (χ2v) is 4.95. The van der Waals surface area contributed by atoms with Crippen LogP contribution in [0, 0.1) is 6.92 Å². The van der Waals surface area contributed by atoms with Gasteiger partial charge in [0.1, 0.15) is 11.9 Å². The first-order valence-electron chi connectivity index (χ1n) is 5.85. The van der Waals surface area contributed by atoms with E-state index in [4.69, 9.17) is 22.1 Å². The highest BCUT2D eigenvalue weighted by Crippen LogP contribution is 2.27. The Labute approximate surface area is 102 Å². The van der Waals surface area contributed by atoms with Crippen LogP contribution in [0.5, 0.6) is 5.75 Å². The lowest BCUT2D eigenvalue weighted by Crippen LogP contribution is -2.41. The predicted molar refractivity (Wildman–Crippen MR) is 67.0 cm³/mol. The maximum Gasteiger partial charge on any atom is 0.124 e. The molecule has 0 saturated heterocycles. The lowest BCUT2D eigenvalue weighted by molar-refractivity contribution is 0.131. The zero-order valence-corrected chi connectivity index (χ0v) is 10.3. The van der Waals surface area contributed by atoms with Crippen LogP contribution in [0.15, 0.2) is 18.2 Å². The van der Waals surface area contributed by atoms with Gasteiger partial charge in [0, 0.05) is 11.1 Å². The first-order chi connectivity index (χ1) is 7.66. The molecule has 0 bridgehead atoms. The summed E-state index contributed by atoms with van der Waals surface area (Å²) in [5.41, 5.74) is 7.17. The third-order valence-corrected chi connectivity index (χ3v) is 3.42. The van der Waals surface area contributed by atoms with E-state index in [0.717, 1.165) is 24.2 Å². The molecule has 0 aliphatic heterocycles. The van der Waals surface area contributed by atoms with Crippen molar-refractivity contribution in [1.82, 2.24) is 0 Å². The minimum absolute atomic E-state index is 0.144. The highest BCUT2D eigenvalue weighted by molar-refractivity contribution is 6.30. The Morgan fingerprint density at radius 1 is 1.31 bits per heavy atom. The molecule has 1 aliphatic carbocycles. The fourth-order valence-electron chi connectivity index (χ4n) is 2.14. The van der Waals surface area contributed by atoms with Crippen molar-refractivity contribution in [2.75, 3.05) is 0 Å². The SMILES string of the molecule is Cc1ccc(Cl)cc1OC1CCCCC1N. The Balaban J connectivity index is 2.10. The number of ether oxygens (including phenoxy) is 1. The van der Waals surface area contributed by atoms with Crippen LogP contribution in [-0.4, -0.2) is 12.1 Å². The summed E-state index contributed by atoms with van der Waals surface area (Å²) in [7, 11) is 0. The van der Waals surface area contributed by atoms with Gasteiger partial charge < -0.3 is 10.5 Å². The summed E-state index contributed by atoms with van der Waals surface area (Å²) < 4.78 is 5.97. The van der Waals surface area contributed by atoms with Crippen molar-refractivity contribution in [3.8, 4) is 5.75 Å². The third kappa shape index (κ3) is 2.69. The number of halogens is 1. The van der Waals surface area contributed by atoms with E-state index in [9.17, 15) is 0 Å². The summed E-state index contributed by atoms with van der Waals surface area (Å²) in [5.74, 6) is 0.870. The molecule has 1 fully saturated rings. The summed E-state index contributed by atoms with van der Waals surface area (Å²) in [6.45, 7) is 2.03. The van der Waals surface area contributed by atoms with Crippen LogP contribution < -0.4 is 10.5 Å². The molecular weight excluding hydrogens is 222 g/mol. The van der Waals surface area contributed by atoms with Crippen LogP contribution in [0.2, 0.25) is 5.02 Å². The zero-order chi connectivity index (χ0) is 11.5. The van der Waals surface area contributed by atoms with E-state index in [2.05, 4.69) is 0 Å². The molecule has 0 radical (unpaired) electrons. The topological polar surface area (TPSA) is 35.2 Å². The maximum atomic E-state index is 6.06. The second kappa shape index (κ2) is 5.07. The third-order valence-electron chi connectivity index (χ3n) is 3.18. The number of hydrogen-bond donors (Lipinski definition) is 1. The van der Waals surface area contributed by atoms with Gasteiger partial charge in [-0.05, 0) is 43.9 Å². The summed E-state index contributed by atoms with van der Waals surface area (Å²) in [4.78, 5) is 0. The van der Waals surface area contributed by atoms with Gasteiger partial charge in [-0.3, -0.25) is 0 Å². The lowest BCUT2D eigenvalue weighted by Gasteiger charge is -2.29. The Hall–Kier alpha value is -0.730. The second-order valence-electron chi connectivity index (χ2n) is 4.51. The predicted octanol–water partition coefficient (Wildman–Crippen LogP) is 3.30. The molecule has 1 aliphatic rings. The Kier molecular flexibility index (Phi) is 3.72.